The van der Waals surface area contributed by atoms with E-state index in [2.05, 4.69) is 10.3 Å². The molecule has 12 heteroatoms. The van der Waals surface area contributed by atoms with Gasteiger partial charge in [0, 0.05) is 12.1 Å². The lowest BCUT2D eigenvalue weighted by Crippen LogP contribution is -2.32. The lowest BCUT2D eigenvalue weighted by Gasteiger charge is -2.07. The smallest absolute Gasteiger partial charge is 0.417 e. The molecule has 28 heavy (non-hydrogen) atoms. The Kier molecular flexibility index (Phi) is 4.61. The molecule has 0 aromatic carbocycles. The van der Waals surface area contributed by atoms with E-state index >= 15 is 0 Å². The minimum Gasteiger partial charge on any atom is -0.477 e. The van der Waals surface area contributed by atoms with E-state index in [0.717, 1.165) is 20.5 Å². The van der Waals surface area contributed by atoms with Crippen LogP contribution in [0.2, 0.25) is 4.34 Å². The molecule has 1 aliphatic heterocycles. The maximum Gasteiger partial charge on any atom is 0.417 e. The second-order valence-corrected chi connectivity index (χ2v) is 7.45. The van der Waals surface area contributed by atoms with Crippen LogP contribution in [0, 0.1) is 0 Å². The van der Waals surface area contributed by atoms with Crippen molar-refractivity contribution in [2.24, 2.45) is 0 Å². The van der Waals surface area contributed by atoms with Gasteiger partial charge in [0.1, 0.15) is 18.0 Å². The Bertz CT molecular complexity index is 1090. The monoisotopic (exact) mass is 422 g/mol. The highest BCUT2D eigenvalue weighted by Gasteiger charge is 2.32. The summed E-state index contributed by atoms with van der Waals surface area (Å²) in [5.74, 6) is -1.52. The van der Waals surface area contributed by atoms with Crippen molar-refractivity contribution in [3.8, 4) is 10.6 Å². The van der Waals surface area contributed by atoms with Crippen LogP contribution in [0.3, 0.4) is 0 Å². The van der Waals surface area contributed by atoms with Crippen molar-refractivity contribution in [3.63, 3.8) is 0 Å². The van der Waals surface area contributed by atoms with Gasteiger partial charge in [-0.2, -0.15) is 5.10 Å². The van der Waals surface area contributed by atoms with Crippen LogP contribution in [-0.2, 0) is 11.3 Å². The number of imide groups is 1. The van der Waals surface area contributed by atoms with Gasteiger partial charge in [0.05, 0.1) is 22.3 Å². The third-order valence-corrected chi connectivity index (χ3v) is 5.16. The van der Waals surface area contributed by atoms with Crippen molar-refractivity contribution in [3.05, 3.63) is 45.7 Å². The van der Waals surface area contributed by atoms with Gasteiger partial charge in [0.15, 0.2) is 11.5 Å². The Labute approximate surface area is 165 Å². The van der Waals surface area contributed by atoms with Crippen molar-refractivity contribution >= 4 is 40.9 Å². The molecule has 1 saturated heterocycles. The number of carbonyl (C=O) groups excluding carboxylic acids is 2. The second-order valence-electron chi connectivity index (χ2n) is 5.74. The maximum absolute atomic E-state index is 12.4. The molecular formula is C16H11ClN4O6S. The number of amides is 2. The number of carbonyl (C=O) groups is 3. The highest BCUT2D eigenvalue weighted by molar-refractivity contribution is 7.19. The third kappa shape index (κ3) is 3.37. The molecule has 0 aliphatic carbocycles. The molecule has 4 rings (SSSR count). The van der Waals surface area contributed by atoms with Gasteiger partial charge < -0.3 is 14.4 Å². The minimum absolute atomic E-state index is 0.0397. The molecule has 2 amide bonds. The predicted molar refractivity (Wildman–Crippen MR) is 95.5 cm³/mol. The number of aromatic nitrogens is 3. The number of nitrogens with zero attached hydrogens (tertiary/aromatic N) is 4. The van der Waals surface area contributed by atoms with Gasteiger partial charge in [-0.1, -0.05) is 16.8 Å². The zero-order valence-corrected chi connectivity index (χ0v) is 15.6. The largest absolute Gasteiger partial charge is 0.477 e. The van der Waals surface area contributed by atoms with E-state index in [1.807, 2.05) is 0 Å². The van der Waals surface area contributed by atoms with Crippen LogP contribution in [-0.4, -0.2) is 56.1 Å². The average molecular weight is 423 g/mol. The Balaban J connectivity index is 1.60. The Morgan fingerprint density at radius 3 is 2.79 bits per heavy atom. The lowest BCUT2D eigenvalue weighted by molar-refractivity contribution is 0.0683. The summed E-state index contributed by atoms with van der Waals surface area (Å²) in [5, 5.41) is 17.3. The summed E-state index contributed by atoms with van der Waals surface area (Å²) in [4.78, 5) is 37.1. The molecule has 0 radical (unpaired) electrons. The van der Waals surface area contributed by atoms with Crippen LogP contribution in [0.25, 0.3) is 10.6 Å². The van der Waals surface area contributed by atoms with Gasteiger partial charge in [-0.3, -0.25) is 9.48 Å². The van der Waals surface area contributed by atoms with Crippen LogP contribution >= 0.6 is 22.9 Å². The first-order valence-corrected chi connectivity index (χ1v) is 9.13. The summed E-state index contributed by atoms with van der Waals surface area (Å²) in [6, 6.07) is 6.24. The quantitative estimate of drug-likeness (QED) is 0.664. The number of aromatic carboxylic acids is 1. The average Bonchev–Trinajstić information content (AvgIpc) is 3.41. The molecule has 0 saturated carbocycles. The molecule has 0 spiro atoms. The first kappa shape index (κ1) is 18.2. The summed E-state index contributed by atoms with van der Waals surface area (Å²) in [6.07, 6.45) is -0.785. The molecule has 10 nitrogen and oxygen atoms in total. The molecular weight excluding hydrogens is 412 g/mol. The third-order valence-electron chi connectivity index (χ3n) is 3.91. The van der Waals surface area contributed by atoms with E-state index in [9.17, 15) is 19.5 Å². The predicted octanol–water partition coefficient (Wildman–Crippen LogP) is 2.59. The summed E-state index contributed by atoms with van der Waals surface area (Å²) < 4.78 is 11.7. The van der Waals surface area contributed by atoms with Crippen LogP contribution in [0.15, 0.2) is 28.8 Å². The van der Waals surface area contributed by atoms with E-state index in [-0.39, 0.29) is 31.1 Å². The fourth-order valence-electron chi connectivity index (χ4n) is 2.63. The number of rotatable bonds is 5. The number of ether oxygens (including phenoxy) is 1. The topological polar surface area (TPSA) is 128 Å². The van der Waals surface area contributed by atoms with Gasteiger partial charge in [0.2, 0.25) is 0 Å². The van der Waals surface area contributed by atoms with Crippen LogP contribution in [0.4, 0.5) is 4.79 Å². The molecule has 144 valence electrons. The number of carboxylic acid groups (broad SMARTS) is 1. The molecule has 3 aromatic heterocycles. The fraction of sp³-hybridized carbons (Fsp3) is 0.188. The Hall–Kier alpha value is -3.18. The molecule has 1 aliphatic rings. The Morgan fingerprint density at radius 1 is 1.32 bits per heavy atom. The maximum atomic E-state index is 12.4. The number of cyclic esters (lactones) is 1. The molecule has 0 atom stereocenters. The van der Waals surface area contributed by atoms with Gasteiger partial charge in [-0.05, 0) is 12.1 Å². The highest BCUT2D eigenvalue weighted by atomic mass is 35.5. The minimum atomic E-state index is -1.27. The summed E-state index contributed by atoms with van der Waals surface area (Å²) >= 11 is 7.22. The van der Waals surface area contributed by atoms with Crippen LogP contribution < -0.4 is 0 Å². The summed E-state index contributed by atoms with van der Waals surface area (Å²) in [6.45, 7) is 0.135. The highest BCUT2D eigenvalue weighted by Crippen LogP contribution is 2.31. The van der Waals surface area contributed by atoms with Crippen LogP contribution in [0.1, 0.15) is 26.7 Å². The fourth-order valence-corrected chi connectivity index (χ4v) is 3.62. The van der Waals surface area contributed by atoms with Crippen LogP contribution in [0.5, 0.6) is 0 Å². The molecule has 3 aromatic rings. The van der Waals surface area contributed by atoms with Gasteiger partial charge in [-0.25, -0.2) is 14.5 Å². The molecule has 1 fully saturated rings. The van der Waals surface area contributed by atoms with Gasteiger partial charge >= 0.3 is 12.1 Å². The molecule has 0 bridgehead atoms. The van der Waals surface area contributed by atoms with E-state index in [0.29, 0.717) is 15.8 Å². The molecule has 4 heterocycles. The number of thiophene rings is 1. The SMILES string of the molecule is O=C(O)c1cc(C(=O)N2CCOC2=O)nn1Cc1cc(-c2ccc(Cl)s2)on1. The number of carboxylic acids is 1. The van der Waals surface area contributed by atoms with E-state index in [4.69, 9.17) is 20.9 Å². The van der Waals surface area contributed by atoms with E-state index in [1.54, 1.807) is 18.2 Å². The van der Waals surface area contributed by atoms with Crippen molar-refractivity contribution < 1.29 is 28.8 Å². The van der Waals surface area contributed by atoms with Gasteiger partial charge in [0.25, 0.3) is 5.91 Å². The lowest BCUT2D eigenvalue weighted by atomic mass is 10.3. The van der Waals surface area contributed by atoms with Crippen molar-refractivity contribution in [1.82, 2.24) is 19.8 Å². The van der Waals surface area contributed by atoms with E-state index < -0.39 is 18.0 Å². The summed E-state index contributed by atoms with van der Waals surface area (Å²) in [5.41, 5.74) is 0.00865. The number of halogens is 1. The zero-order valence-electron chi connectivity index (χ0n) is 14.0. The molecule has 0 unspecified atom stereocenters. The first-order chi connectivity index (χ1) is 13.4. The Morgan fingerprint density at radius 2 is 2.14 bits per heavy atom. The van der Waals surface area contributed by atoms with Crippen molar-refractivity contribution in [2.45, 2.75) is 6.54 Å². The molecule has 1 N–H and O–H groups in total. The first-order valence-electron chi connectivity index (χ1n) is 7.93. The van der Waals surface area contributed by atoms with Gasteiger partial charge in [-0.15, -0.1) is 11.3 Å². The van der Waals surface area contributed by atoms with E-state index in [1.165, 1.54) is 11.3 Å². The second kappa shape index (κ2) is 7.09. The zero-order chi connectivity index (χ0) is 19.8. The number of hydrogen-bond donors (Lipinski definition) is 1. The number of hydrogen-bond acceptors (Lipinski definition) is 8. The normalized spacial score (nSPS) is 13.8. The van der Waals surface area contributed by atoms with Crippen molar-refractivity contribution in [1.29, 1.82) is 0 Å². The standard InChI is InChI=1S/C16H11ClN4O6S/c17-13-2-1-12(28-13)11-5-8(19-27-11)7-21-10(15(23)24)6-9(18-21)14(22)20-3-4-26-16(20)25/h1-2,5-6H,3-4,7H2,(H,23,24). The summed E-state index contributed by atoms with van der Waals surface area (Å²) in [7, 11) is 0. The van der Waals surface area contributed by atoms with Crippen molar-refractivity contribution in [2.75, 3.05) is 13.2 Å².